The molecule has 1 aromatic heterocycles. The second-order valence-corrected chi connectivity index (χ2v) is 5.47. The molecule has 2 heterocycles. The van der Waals surface area contributed by atoms with Crippen LogP contribution in [0, 0.1) is 0 Å². The molecule has 17 heavy (non-hydrogen) atoms. The quantitative estimate of drug-likeness (QED) is 0.888. The van der Waals surface area contributed by atoms with Crippen LogP contribution < -0.4 is 0 Å². The van der Waals surface area contributed by atoms with Crippen molar-refractivity contribution in [2.75, 3.05) is 5.75 Å². The third-order valence-electron chi connectivity index (χ3n) is 3.31. The maximum atomic E-state index is 10.2. The van der Waals surface area contributed by atoms with E-state index in [9.17, 15) is 5.11 Å². The fourth-order valence-electron chi connectivity index (χ4n) is 2.51. The molecule has 3 nitrogen and oxygen atoms in total. The Morgan fingerprint density at radius 2 is 2.29 bits per heavy atom. The predicted molar refractivity (Wildman–Crippen MR) is 70.4 cm³/mol. The van der Waals surface area contributed by atoms with E-state index in [1.807, 2.05) is 18.2 Å². The van der Waals surface area contributed by atoms with Gasteiger partial charge in [0.1, 0.15) is 0 Å². The lowest BCUT2D eigenvalue weighted by Crippen LogP contribution is -2.30. The maximum absolute atomic E-state index is 10.2. The number of hydrogen-bond donors (Lipinski definition) is 1. The highest BCUT2D eigenvalue weighted by atomic mass is 32.2. The Morgan fingerprint density at radius 1 is 1.47 bits per heavy atom. The summed E-state index contributed by atoms with van der Waals surface area (Å²) in [5.41, 5.74) is 2.18. The number of aromatic nitrogens is 2. The zero-order chi connectivity index (χ0) is 11.8. The fraction of sp³-hybridized carbons (Fsp3) is 0.462. The van der Waals surface area contributed by atoms with Crippen LogP contribution >= 0.6 is 11.8 Å². The summed E-state index contributed by atoms with van der Waals surface area (Å²) in [6.45, 7) is 2.16. The molecule has 90 valence electrons. The van der Waals surface area contributed by atoms with Crippen LogP contribution in [0.2, 0.25) is 0 Å². The van der Waals surface area contributed by atoms with Crippen molar-refractivity contribution in [1.82, 2.24) is 9.55 Å². The second kappa shape index (κ2) is 4.35. The van der Waals surface area contributed by atoms with Crippen molar-refractivity contribution in [2.24, 2.45) is 0 Å². The predicted octanol–water partition coefficient (Wildman–Crippen LogP) is 2.84. The molecule has 2 aromatic rings. The van der Waals surface area contributed by atoms with E-state index < -0.39 is 0 Å². The van der Waals surface area contributed by atoms with E-state index in [1.54, 1.807) is 11.8 Å². The average Bonchev–Trinajstić information content (AvgIpc) is 2.72. The number of rotatable bonds is 2. The van der Waals surface area contributed by atoms with Crippen molar-refractivity contribution in [2.45, 2.75) is 37.1 Å². The first-order valence-corrected chi connectivity index (χ1v) is 7.07. The first kappa shape index (κ1) is 11.1. The van der Waals surface area contributed by atoms with E-state index in [1.165, 1.54) is 0 Å². The largest absolute Gasteiger partial charge is 0.390 e. The van der Waals surface area contributed by atoms with Gasteiger partial charge < -0.3 is 9.67 Å². The van der Waals surface area contributed by atoms with Crippen LogP contribution in [0.4, 0.5) is 0 Å². The van der Waals surface area contributed by atoms with Gasteiger partial charge in [0, 0.05) is 5.75 Å². The first-order valence-electron chi connectivity index (χ1n) is 6.09. The topological polar surface area (TPSA) is 38.1 Å². The minimum absolute atomic E-state index is 0.184. The van der Waals surface area contributed by atoms with Gasteiger partial charge in [-0.15, -0.1) is 0 Å². The molecule has 1 aliphatic heterocycles. The van der Waals surface area contributed by atoms with Crippen molar-refractivity contribution in [3.8, 4) is 0 Å². The van der Waals surface area contributed by atoms with Crippen LogP contribution in [-0.2, 0) is 0 Å². The molecule has 0 saturated carbocycles. The number of benzene rings is 1. The average molecular weight is 248 g/mol. The third kappa shape index (κ3) is 1.76. The van der Waals surface area contributed by atoms with Crippen LogP contribution in [0.15, 0.2) is 29.4 Å². The molecule has 0 spiro atoms. The Morgan fingerprint density at radius 3 is 3.12 bits per heavy atom. The summed E-state index contributed by atoms with van der Waals surface area (Å²) < 4.78 is 2.22. The molecule has 0 radical (unpaired) electrons. The Balaban J connectivity index is 2.17. The Labute approximate surface area is 105 Å². The number of aliphatic hydroxyl groups excluding tert-OH is 1. The normalized spacial score (nSPS) is 23.9. The molecule has 4 heteroatoms. The van der Waals surface area contributed by atoms with Crippen LogP contribution in [0.3, 0.4) is 0 Å². The van der Waals surface area contributed by atoms with E-state index in [4.69, 9.17) is 0 Å². The SMILES string of the molecule is CCC[C@@H]1[C@@H](O)CSc2nc3ccccc3n21. The maximum Gasteiger partial charge on any atom is 0.169 e. The van der Waals surface area contributed by atoms with Gasteiger partial charge in [0.2, 0.25) is 0 Å². The van der Waals surface area contributed by atoms with Crippen LogP contribution in [-0.4, -0.2) is 26.5 Å². The molecular formula is C13H16N2OS. The van der Waals surface area contributed by atoms with E-state index in [0.717, 1.165) is 34.8 Å². The summed E-state index contributed by atoms with van der Waals surface area (Å²) in [4.78, 5) is 4.63. The number of imidazole rings is 1. The highest BCUT2D eigenvalue weighted by molar-refractivity contribution is 7.99. The van der Waals surface area contributed by atoms with Crippen LogP contribution in [0.25, 0.3) is 11.0 Å². The zero-order valence-electron chi connectivity index (χ0n) is 9.84. The van der Waals surface area contributed by atoms with Gasteiger partial charge >= 0.3 is 0 Å². The molecule has 0 saturated heterocycles. The summed E-state index contributed by atoms with van der Waals surface area (Å²) >= 11 is 1.65. The molecule has 0 bridgehead atoms. The van der Waals surface area contributed by atoms with Crippen LogP contribution in [0.1, 0.15) is 25.8 Å². The molecule has 0 aliphatic carbocycles. The van der Waals surface area contributed by atoms with Gasteiger partial charge in [-0.1, -0.05) is 37.2 Å². The van der Waals surface area contributed by atoms with E-state index in [0.29, 0.717) is 0 Å². The molecule has 0 fully saturated rings. The Bertz CT molecular complexity index is 537. The van der Waals surface area contributed by atoms with Crippen molar-refractivity contribution in [1.29, 1.82) is 0 Å². The summed E-state index contributed by atoms with van der Waals surface area (Å²) in [7, 11) is 0. The van der Waals surface area contributed by atoms with Gasteiger partial charge in [-0.05, 0) is 18.6 Å². The minimum Gasteiger partial charge on any atom is -0.390 e. The van der Waals surface area contributed by atoms with Crippen molar-refractivity contribution >= 4 is 22.8 Å². The number of para-hydroxylation sites is 2. The van der Waals surface area contributed by atoms with Crippen molar-refractivity contribution < 1.29 is 5.11 Å². The first-order chi connectivity index (χ1) is 8.31. The number of thioether (sulfide) groups is 1. The van der Waals surface area contributed by atoms with Crippen LogP contribution in [0.5, 0.6) is 0 Å². The van der Waals surface area contributed by atoms with Gasteiger partial charge in [0.25, 0.3) is 0 Å². The molecule has 0 amide bonds. The Hall–Kier alpha value is -1.00. The van der Waals surface area contributed by atoms with E-state index in [2.05, 4.69) is 22.5 Å². The molecule has 2 atom stereocenters. The summed E-state index contributed by atoms with van der Waals surface area (Å²) in [6, 6.07) is 8.36. The second-order valence-electron chi connectivity index (χ2n) is 4.49. The highest BCUT2D eigenvalue weighted by Gasteiger charge is 2.29. The van der Waals surface area contributed by atoms with E-state index >= 15 is 0 Å². The van der Waals surface area contributed by atoms with Crippen molar-refractivity contribution in [3.63, 3.8) is 0 Å². The highest BCUT2D eigenvalue weighted by Crippen LogP contribution is 2.37. The summed E-state index contributed by atoms with van der Waals surface area (Å²) in [6.07, 6.45) is 1.83. The number of nitrogens with zero attached hydrogens (tertiary/aromatic N) is 2. The van der Waals surface area contributed by atoms with Crippen molar-refractivity contribution in [3.05, 3.63) is 24.3 Å². The van der Waals surface area contributed by atoms with Gasteiger partial charge in [-0.2, -0.15) is 0 Å². The molecular weight excluding hydrogens is 232 g/mol. The van der Waals surface area contributed by atoms with Gasteiger partial charge in [0.05, 0.1) is 23.2 Å². The molecule has 3 rings (SSSR count). The van der Waals surface area contributed by atoms with E-state index in [-0.39, 0.29) is 12.1 Å². The lowest BCUT2D eigenvalue weighted by atomic mass is 10.1. The van der Waals surface area contributed by atoms with Gasteiger partial charge in [0.15, 0.2) is 5.16 Å². The molecule has 0 unspecified atom stereocenters. The van der Waals surface area contributed by atoms with Gasteiger partial charge in [-0.25, -0.2) is 4.98 Å². The number of aliphatic hydroxyl groups is 1. The number of hydrogen-bond acceptors (Lipinski definition) is 3. The molecule has 1 aliphatic rings. The minimum atomic E-state index is -0.259. The Kier molecular flexibility index (Phi) is 2.84. The standard InChI is InChI=1S/C13H16N2OS/c1-2-5-11-12(16)8-17-13-14-9-6-3-4-7-10(9)15(11)13/h3-4,6-7,11-12,16H,2,5,8H2,1H3/t11-,12+/m1/s1. The zero-order valence-corrected chi connectivity index (χ0v) is 10.7. The monoisotopic (exact) mass is 248 g/mol. The lowest BCUT2D eigenvalue weighted by molar-refractivity contribution is 0.121. The summed E-state index contributed by atoms with van der Waals surface area (Å²) in [5, 5.41) is 11.2. The van der Waals surface area contributed by atoms with Gasteiger partial charge in [-0.3, -0.25) is 0 Å². The number of fused-ring (bicyclic) bond motifs is 3. The third-order valence-corrected chi connectivity index (χ3v) is 4.36. The summed E-state index contributed by atoms with van der Waals surface area (Å²) in [5.74, 6) is 0.758. The fourth-order valence-corrected chi connectivity index (χ4v) is 3.58. The lowest BCUT2D eigenvalue weighted by Gasteiger charge is -2.30. The molecule has 1 N–H and O–H groups in total. The smallest absolute Gasteiger partial charge is 0.169 e. The molecule has 1 aromatic carbocycles.